The van der Waals surface area contributed by atoms with Crippen LogP contribution in [0.4, 0.5) is 5.69 Å². The molecular weight excluding hydrogens is 392 g/mol. The van der Waals surface area contributed by atoms with Crippen LogP contribution in [0.15, 0.2) is 30.3 Å². The van der Waals surface area contributed by atoms with E-state index in [1.54, 1.807) is 19.0 Å². The summed E-state index contributed by atoms with van der Waals surface area (Å²) in [6.07, 6.45) is 6.71. The minimum Gasteiger partial charge on any atom is -0.347 e. The normalized spacial score (nSPS) is 21.6. The first-order valence-electron chi connectivity index (χ1n) is 11.5. The molecule has 3 amide bonds. The molecule has 0 N–H and O–H groups in total. The van der Waals surface area contributed by atoms with Crippen molar-refractivity contribution in [2.75, 3.05) is 45.3 Å². The molecule has 2 aliphatic heterocycles. The van der Waals surface area contributed by atoms with E-state index in [4.69, 9.17) is 0 Å². The molecule has 168 valence electrons. The first kappa shape index (κ1) is 21.7. The molecule has 2 heterocycles. The lowest BCUT2D eigenvalue weighted by Gasteiger charge is -2.44. The maximum atomic E-state index is 13.6. The average Bonchev–Trinajstić information content (AvgIpc) is 3.06. The molecule has 0 bridgehead atoms. The Bertz CT molecular complexity index is 811. The number of rotatable bonds is 4. The molecule has 1 spiro atoms. The van der Waals surface area contributed by atoms with E-state index in [2.05, 4.69) is 4.90 Å². The van der Waals surface area contributed by atoms with E-state index in [1.165, 1.54) is 11.3 Å². The van der Waals surface area contributed by atoms with Crippen molar-refractivity contribution < 1.29 is 14.4 Å². The number of anilines is 1. The predicted molar refractivity (Wildman–Crippen MR) is 119 cm³/mol. The largest absolute Gasteiger partial charge is 0.347 e. The van der Waals surface area contributed by atoms with Gasteiger partial charge in [0, 0.05) is 38.8 Å². The lowest BCUT2D eigenvalue weighted by atomic mass is 9.83. The predicted octanol–water partition coefficient (Wildman–Crippen LogP) is 2.32. The van der Waals surface area contributed by atoms with Gasteiger partial charge >= 0.3 is 0 Å². The number of hydrogen-bond acceptors (Lipinski definition) is 4. The number of likely N-dealkylation sites (tertiary alicyclic amines) is 1. The van der Waals surface area contributed by atoms with E-state index >= 15 is 0 Å². The molecule has 0 radical (unpaired) electrons. The molecule has 0 atom stereocenters. The minimum absolute atomic E-state index is 0.0105. The van der Waals surface area contributed by atoms with Gasteiger partial charge in [0.05, 0.1) is 6.67 Å². The van der Waals surface area contributed by atoms with Gasteiger partial charge in [-0.25, -0.2) is 0 Å². The molecule has 3 aliphatic rings. The molecule has 7 heteroatoms. The van der Waals surface area contributed by atoms with Gasteiger partial charge < -0.3 is 19.6 Å². The van der Waals surface area contributed by atoms with E-state index in [1.807, 2.05) is 35.2 Å². The van der Waals surface area contributed by atoms with E-state index in [9.17, 15) is 14.4 Å². The van der Waals surface area contributed by atoms with Crippen molar-refractivity contribution in [2.45, 2.75) is 50.5 Å². The van der Waals surface area contributed by atoms with Crippen molar-refractivity contribution in [3.8, 4) is 0 Å². The lowest BCUT2D eigenvalue weighted by molar-refractivity contribution is -0.143. The third-order valence-corrected chi connectivity index (χ3v) is 7.26. The molecule has 4 rings (SSSR count). The maximum Gasteiger partial charge on any atom is 0.250 e. The van der Waals surface area contributed by atoms with Gasteiger partial charge in [-0.05, 0) is 37.8 Å². The summed E-state index contributed by atoms with van der Waals surface area (Å²) in [5, 5.41) is 0. The zero-order valence-corrected chi connectivity index (χ0v) is 18.8. The Balaban J connectivity index is 1.53. The molecule has 0 unspecified atom stereocenters. The first-order chi connectivity index (χ1) is 14.9. The second-order valence-electron chi connectivity index (χ2n) is 9.39. The summed E-state index contributed by atoms with van der Waals surface area (Å²) in [7, 11) is 3.42. The summed E-state index contributed by atoms with van der Waals surface area (Å²) in [5.41, 5.74) is 0.305. The second-order valence-corrected chi connectivity index (χ2v) is 9.39. The van der Waals surface area contributed by atoms with Crippen LogP contribution in [0, 0.1) is 5.92 Å². The molecule has 0 aromatic heterocycles. The van der Waals surface area contributed by atoms with E-state index in [0.29, 0.717) is 32.6 Å². The SMILES string of the molecule is CN(C)C(=O)CN1CN(c2ccccc2)C2(CCN(C(=O)C3CCCCC3)CC2)C1=O. The number of para-hydroxylation sites is 1. The van der Waals surface area contributed by atoms with Crippen LogP contribution in [0.2, 0.25) is 0 Å². The fraction of sp³-hybridized carbons (Fsp3) is 0.625. The number of amides is 3. The topological polar surface area (TPSA) is 64.2 Å². The Morgan fingerprint density at radius 3 is 2.29 bits per heavy atom. The maximum absolute atomic E-state index is 13.6. The van der Waals surface area contributed by atoms with Gasteiger partial charge in [-0.15, -0.1) is 0 Å². The Hall–Kier alpha value is -2.57. The number of nitrogens with zero attached hydrogens (tertiary/aromatic N) is 4. The van der Waals surface area contributed by atoms with Crippen molar-refractivity contribution in [3.63, 3.8) is 0 Å². The summed E-state index contributed by atoms with van der Waals surface area (Å²) in [6, 6.07) is 9.95. The number of benzene rings is 1. The van der Waals surface area contributed by atoms with Crippen LogP contribution in [0.1, 0.15) is 44.9 Å². The monoisotopic (exact) mass is 426 g/mol. The van der Waals surface area contributed by atoms with E-state index in [-0.39, 0.29) is 30.2 Å². The van der Waals surface area contributed by atoms with Gasteiger partial charge in [-0.1, -0.05) is 37.5 Å². The Labute approximate surface area is 185 Å². The molecule has 31 heavy (non-hydrogen) atoms. The number of likely N-dealkylation sites (N-methyl/N-ethyl adjacent to an activating group) is 1. The van der Waals surface area contributed by atoms with Crippen LogP contribution in [0.25, 0.3) is 0 Å². The van der Waals surface area contributed by atoms with Gasteiger partial charge in [-0.3, -0.25) is 14.4 Å². The van der Waals surface area contributed by atoms with Crippen molar-refractivity contribution in [1.29, 1.82) is 0 Å². The number of piperidine rings is 1. The van der Waals surface area contributed by atoms with Gasteiger partial charge in [0.25, 0.3) is 5.91 Å². The van der Waals surface area contributed by atoms with Crippen LogP contribution < -0.4 is 4.90 Å². The summed E-state index contributed by atoms with van der Waals surface area (Å²) in [5.74, 6) is 0.354. The van der Waals surface area contributed by atoms with Crippen LogP contribution in [-0.4, -0.2) is 78.4 Å². The van der Waals surface area contributed by atoms with Crippen LogP contribution >= 0.6 is 0 Å². The summed E-state index contributed by atoms with van der Waals surface area (Å²) in [4.78, 5) is 46.3. The Kier molecular flexibility index (Phi) is 6.21. The van der Waals surface area contributed by atoms with Crippen molar-refractivity contribution in [3.05, 3.63) is 30.3 Å². The molecule has 1 aromatic rings. The smallest absolute Gasteiger partial charge is 0.250 e. The van der Waals surface area contributed by atoms with Gasteiger partial charge in [0.1, 0.15) is 12.1 Å². The molecular formula is C24H34N4O3. The highest BCUT2D eigenvalue weighted by molar-refractivity contribution is 5.96. The molecule has 1 saturated carbocycles. The second kappa shape index (κ2) is 8.89. The summed E-state index contributed by atoms with van der Waals surface area (Å²) in [6.45, 7) is 1.68. The van der Waals surface area contributed by atoms with Crippen LogP contribution in [0.3, 0.4) is 0 Å². The highest BCUT2D eigenvalue weighted by Crippen LogP contribution is 2.40. The first-order valence-corrected chi connectivity index (χ1v) is 11.5. The fourth-order valence-corrected chi connectivity index (χ4v) is 5.33. The third kappa shape index (κ3) is 4.14. The standard InChI is InChI=1S/C24H34N4O3/c1-25(2)21(29)17-27-18-28(20-11-7-4-8-12-20)24(23(27)31)13-15-26(16-14-24)22(30)19-9-5-3-6-10-19/h4,7-8,11-12,19H,3,5-6,9-10,13-18H2,1-2H3. The fourth-order valence-electron chi connectivity index (χ4n) is 5.33. The van der Waals surface area contributed by atoms with Crippen molar-refractivity contribution in [2.24, 2.45) is 5.92 Å². The van der Waals surface area contributed by atoms with Crippen LogP contribution in [-0.2, 0) is 14.4 Å². The van der Waals surface area contributed by atoms with Gasteiger partial charge in [0.15, 0.2) is 0 Å². The molecule has 1 aromatic carbocycles. The number of carbonyl (C=O) groups excluding carboxylic acids is 3. The third-order valence-electron chi connectivity index (χ3n) is 7.26. The van der Waals surface area contributed by atoms with Crippen molar-refractivity contribution >= 4 is 23.4 Å². The molecule has 7 nitrogen and oxygen atoms in total. The average molecular weight is 427 g/mol. The summed E-state index contributed by atoms with van der Waals surface area (Å²) >= 11 is 0. The minimum atomic E-state index is -0.683. The zero-order chi connectivity index (χ0) is 22.0. The lowest BCUT2D eigenvalue weighted by Crippen LogP contribution is -2.58. The number of carbonyl (C=O) groups is 3. The van der Waals surface area contributed by atoms with Gasteiger partial charge in [-0.2, -0.15) is 0 Å². The molecule has 1 aliphatic carbocycles. The molecule has 2 saturated heterocycles. The Morgan fingerprint density at radius 2 is 1.68 bits per heavy atom. The Morgan fingerprint density at radius 1 is 1.03 bits per heavy atom. The zero-order valence-electron chi connectivity index (χ0n) is 18.8. The quantitative estimate of drug-likeness (QED) is 0.741. The number of hydrogen-bond donors (Lipinski definition) is 0. The van der Waals surface area contributed by atoms with Crippen LogP contribution in [0.5, 0.6) is 0 Å². The highest BCUT2D eigenvalue weighted by atomic mass is 16.2. The van der Waals surface area contributed by atoms with E-state index < -0.39 is 5.54 Å². The highest BCUT2D eigenvalue weighted by Gasteiger charge is 2.54. The molecule has 3 fully saturated rings. The van der Waals surface area contributed by atoms with Crippen molar-refractivity contribution in [1.82, 2.24) is 14.7 Å². The van der Waals surface area contributed by atoms with Gasteiger partial charge in [0.2, 0.25) is 11.8 Å². The van der Waals surface area contributed by atoms with E-state index in [0.717, 1.165) is 31.4 Å². The summed E-state index contributed by atoms with van der Waals surface area (Å²) < 4.78 is 0.